The molecule has 1 saturated heterocycles. The molecule has 0 saturated carbocycles. The molecular formula is C16H21NO2S2. The van der Waals surface area contributed by atoms with Crippen LogP contribution < -0.4 is 5.32 Å². The van der Waals surface area contributed by atoms with Crippen LogP contribution in [0.4, 0.5) is 0 Å². The number of rotatable bonds is 3. The molecule has 2 aromatic rings. The lowest BCUT2D eigenvalue weighted by Gasteiger charge is -2.28. The standard InChI is InChI=1S/C16H21NO2S2/c1-11-13-6-4-5-7-14(13)20-15(11)12(2)17-16(3)8-9-21(18,19)10-16/h4-7,12,17H,8-10H2,1-3H3. The highest BCUT2D eigenvalue weighted by Gasteiger charge is 2.39. The summed E-state index contributed by atoms with van der Waals surface area (Å²) in [7, 11) is -2.88. The van der Waals surface area contributed by atoms with E-state index in [0.717, 1.165) is 0 Å². The Balaban J connectivity index is 1.88. The molecule has 0 radical (unpaired) electrons. The van der Waals surface area contributed by atoms with Gasteiger partial charge in [0.05, 0.1) is 11.5 Å². The molecule has 2 heterocycles. The van der Waals surface area contributed by atoms with Crippen molar-refractivity contribution in [2.75, 3.05) is 11.5 Å². The van der Waals surface area contributed by atoms with E-state index < -0.39 is 9.84 Å². The summed E-state index contributed by atoms with van der Waals surface area (Å²) in [5.41, 5.74) is 1.00. The summed E-state index contributed by atoms with van der Waals surface area (Å²) < 4.78 is 24.8. The number of hydrogen-bond donors (Lipinski definition) is 1. The van der Waals surface area contributed by atoms with Crippen molar-refractivity contribution in [1.82, 2.24) is 5.32 Å². The molecule has 114 valence electrons. The van der Waals surface area contributed by atoms with Crippen molar-refractivity contribution in [3.8, 4) is 0 Å². The van der Waals surface area contributed by atoms with Crippen molar-refractivity contribution in [2.45, 2.75) is 38.8 Å². The topological polar surface area (TPSA) is 46.2 Å². The molecule has 0 amide bonds. The van der Waals surface area contributed by atoms with E-state index in [2.05, 4.69) is 43.4 Å². The average Bonchev–Trinajstić information content (AvgIpc) is 2.88. The first-order chi connectivity index (χ1) is 9.80. The van der Waals surface area contributed by atoms with Gasteiger partial charge in [0, 0.05) is 21.2 Å². The summed E-state index contributed by atoms with van der Waals surface area (Å²) in [6.07, 6.45) is 0.698. The van der Waals surface area contributed by atoms with Gasteiger partial charge in [-0.15, -0.1) is 11.3 Å². The number of nitrogens with one attached hydrogen (secondary N) is 1. The second kappa shape index (κ2) is 5.07. The Hall–Kier alpha value is -0.910. The minimum Gasteiger partial charge on any atom is -0.303 e. The van der Waals surface area contributed by atoms with Crippen molar-refractivity contribution in [3.63, 3.8) is 0 Å². The second-order valence-corrected chi connectivity index (χ2v) is 9.62. The van der Waals surface area contributed by atoms with Crippen molar-refractivity contribution in [2.24, 2.45) is 0 Å². The van der Waals surface area contributed by atoms with Gasteiger partial charge in [-0.05, 0) is 44.2 Å². The summed E-state index contributed by atoms with van der Waals surface area (Å²) in [6.45, 7) is 6.31. The largest absolute Gasteiger partial charge is 0.303 e. The molecule has 0 spiro atoms. The average molecular weight is 323 g/mol. The molecule has 1 aromatic heterocycles. The molecule has 1 aromatic carbocycles. The fourth-order valence-corrected chi connectivity index (χ4v) is 6.64. The molecule has 21 heavy (non-hydrogen) atoms. The van der Waals surface area contributed by atoms with Crippen LogP contribution >= 0.6 is 11.3 Å². The van der Waals surface area contributed by atoms with Gasteiger partial charge in [0.1, 0.15) is 0 Å². The van der Waals surface area contributed by atoms with Gasteiger partial charge in [0.2, 0.25) is 0 Å². The second-order valence-electron chi connectivity index (χ2n) is 6.36. The van der Waals surface area contributed by atoms with Crippen LogP contribution in [-0.4, -0.2) is 25.5 Å². The van der Waals surface area contributed by atoms with Crippen LogP contribution in [0, 0.1) is 6.92 Å². The zero-order valence-electron chi connectivity index (χ0n) is 12.6. The summed E-state index contributed by atoms with van der Waals surface area (Å²) in [6, 6.07) is 8.59. The zero-order valence-corrected chi connectivity index (χ0v) is 14.3. The van der Waals surface area contributed by atoms with Crippen LogP contribution in [0.1, 0.15) is 36.8 Å². The molecule has 1 aliphatic rings. The van der Waals surface area contributed by atoms with Gasteiger partial charge in [0.15, 0.2) is 9.84 Å². The first-order valence-electron chi connectivity index (χ1n) is 7.26. The van der Waals surface area contributed by atoms with Crippen molar-refractivity contribution >= 4 is 31.3 Å². The van der Waals surface area contributed by atoms with Crippen LogP contribution in [0.5, 0.6) is 0 Å². The van der Waals surface area contributed by atoms with Crippen LogP contribution in [-0.2, 0) is 9.84 Å². The van der Waals surface area contributed by atoms with Gasteiger partial charge in [-0.1, -0.05) is 18.2 Å². The van der Waals surface area contributed by atoms with Gasteiger partial charge >= 0.3 is 0 Å². The lowest BCUT2D eigenvalue weighted by molar-refractivity contribution is 0.357. The Kier molecular flexibility index (Phi) is 3.62. The summed E-state index contributed by atoms with van der Waals surface area (Å²) in [5.74, 6) is 0.545. The molecule has 1 fully saturated rings. The van der Waals surface area contributed by atoms with E-state index in [4.69, 9.17) is 0 Å². The first-order valence-corrected chi connectivity index (χ1v) is 9.90. The molecule has 1 aliphatic heterocycles. The molecule has 3 rings (SSSR count). The minimum atomic E-state index is -2.88. The highest BCUT2D eigenvalue weighted by Crippen LogP contribution is 2.36. The third-order valence-corrected chi connectivity index (χ3v) is 7.70. The van der Waals surface area contributed by atoms with E-state index in [0.29, 0.717) is 12.2 Å². The van der Waals surface area contributed by atoms with Crippen LogP contribution in [0.2, 0.25) is 0 Å². The maximum Gasteiger partial charge on any atom is 0.152 e. The van der Waals surface area contributed by atoms with Crippen molar-refractivity contribution < 1.29 is 8.42 Å². The third-order valence-electron chi connectivity index (χ3n) is 4.34. The molecule has 2 unspecified atom stereocenters. The molecule has 0 aliphatic carbocycles. The highest BCUT2D eigenvalue weighted by atomic mass is 32.2. The molecule has 0 bridgehead atoms. The van der Waals surface area contributed by atoms with Gasteiger partial charge < -0.3 is 5.32 Å². The molecular weight excluding hydrogens is 302 g/mol. The molecule has 2 atom stereocenters. The third kappa shape index (κ3) is 2.87. The highest BCUT2D eigenvalue weighted by molar-refractivity contribution is 7.91. The smallest absolute Gasteiger partial charge is 0.152 e. The SMILES string of the molecule is Cc1c(C(C)NC2(C)CCS(=O)(=O)C2)sc2ccccc12. The van der Waals surface area contributed by atoms with E-state index in [-0.39, 0.29) is 17.3 Å². The van der Waals surface area contributed by atoms with Gasteiger partial charge in [0.25, 0.3) is 0 Å². The number of sulfone groups is 1. The van der Waals surface area contributed by atoms with E-state index in [1.54, 1.807) is 11.3 Å². The van der Waals surface area contributed by atoms with Gasteiger partial charge in [-0.25, -0.2) is 8.42 Å². The summed E-state index contributed by atoms with van der Waals surface area (Å²) >= 11 is 1.80. The quantitative estimate of drug-likeness (QED) is 0.941. The number of aryl methyl sites for hydroxylation is 1. The Bertz CT molecular complexity index is 779. The number of fused-ring (bicyclic) bond motifs is 1. The van der Waals surface area contributed by atoms with Crippen LogP contribution in [0.15, 0.2) is 24.3 Å². The summed E-state index contributed by atoms with van der Waals surface area (Å²) in [5, 5.41) is 4.86. The monoisotopic (exact) mass is 323 g/mol. The number of benzene rings is 1. The maximum absolute atomic E-state index is 11.7. The van der Waals surface area contributed by atoms with Crippen LogP contribution in [0.25, 0.3) is 10.1 Å². The fourth-order valence-electron chi connectivity index (χ4n) is 3.32. The van der Waals surface area contributed by atoms with Crippen molar-refractivity contribution in [3.05, 3.63) is 34.7 Å². The minimum absolute atomic E-state index is 0.167. The Morgan fingerprint density at radius 3 is 2.67 bits per heavy atom. The van der Waals surface area contributed by atoms with E-state index in [1.165, 1.54) is 20.5 Å². The first kappa shape index (κ1) is 15.0. The van der Waals surface area contributed by atoms with Gasteiger partial charge in [-0.2, -0.15) is 0 Å². The van der Waals surface area contributed by atoms with E-state index in [9.17, 15) is 8.42 Å². The zero-order chi connectivity index (χ0) is 15.3. The van der Waals surface area contributed by atoms with Crippen LogP contribution in [0.3, 0.4) is 0 Å². The Labute approximate surface area is 130 Å². The lowest BCUT2D eigenvalue weighted by atomic mass is 9.99. The predicted octanol–water partition coefficient (Wildman–Crippen LogP) is 3.44. The molecule has 1 N–H and O–H groups in total. The Morgan fingerprint density at radius 1 is 1.33 bits per heavy atom. The number of thiophene rings is 1. The van der Waals surface area contributed by atoms with E-state index >= 15 is 0 Å². The molecule has 3 nitrogen and oxygen atoms in total. The lowest BCUT2D eigenvalue weighted by Crippen LogP contribution is -2.44. The normalized spacial score (nSPS) is 26.2. The Morgan fingerprint density at radius 2 is 2.05 bits per heavy atom. The molecule has 5 heteroatoms. The maximum atomic E-state index is 11.7. The van der Waals surface area contributed by atoms with E-state index in [1.807, 2.05) is 6.92 Å². The number of hydrogen-bond acceptors (Lipinski definition) is 4. The fraction of sp³-hybridized carbons (Fsp3) is 0.500. The predicted molar refractivity (Wildman–Crippen MR) is 89.8 cm³/mol. The van der Waals surface area contributed by atoms with Gasteiger partial charge in [-0.3, -0.25) is 0 Å². The van der Waals surface area contributed by atoms with Crippen molar-refractivity contribution in [1.29, 1.82) is 0 Å². The summed E-state index contributed by atoms with van der Waals surface area (Å²) in [4.78, 5) is 1.31.